The van der Waals surface area contributed by atoms with E-state index in [2.05, 4.69) is 14.9 Å². The van der Waals surface area contributed by atoms with Gasteiger partial charge in [-0.15, -0.1) is 5.10 Å². The number of methoxy groups -OCH3 is 1. The molecule has 0 saturated carbocycles. The fraction of sp³-hybridized carbons (Fsp3) is 0.200. The normalized spacial score (nSPS) is 10.1. The summed E-state index contributed by atoms with van der Waals surface area (Å²) in [6.07, 6.45) is 0. The van der Waals surface area contributed by atoms with Gasteiger partial charge in [-0.05, 0) is 23.7 Å². The average Bonchev–Trinajstić information content (AvgIpc) is 2.81. The standard InChI is InChI=1S/C10H10ClN3OS/c1-15-8-2-3-9(11)10(4-8)12-5-7-6-16-14-13-7/h2-4,6,12H,5H2,1H3. The zero-order valence-corrected chi connectivity index (χ0v) is 10.2. The predicted octanol–water partition coefficient (Wildman–Crippen LogP) is 2.81. The third-order valence-electron chi connectivity index (χ3n) is 2.04. The fourth-order valence-corrected chi connectivity index (χ4v) is 1.85. The lowest BCUT2D eigenvalue weighted by atomic mass is 10.3. The van der Waals surface area contributed by atoms with Gasteiger partial charge in [0.2, 0.25) is 0 Å². The van der Waals surface area contributed by atoms with E-state index >= 15 is 0 Å². The molecule has 0 aliphatic heterocycles. The first-order chi connectivity index (χ1) is 7.79. The van der Waals surface area contributed by atoms with Gasteiger partial charge in [-0.2, -0.15) is 0 Å². The van der Waals surface area contributed by atoms with E-state index in [9.17, 15) is 0 Å². The van der Waals surface area contributed by atoms with Gasteiger partial charge in [0.1, 0.15) is 5.75 Å². The Hall–Kier alpha value is -1.33. The molecule has 0 bridgehead atoms. The van der Waals surface area contributed by atoms with Crippen molar-refractivity contribution in [1.82, 2.24) is 9.59 Å². The molecule has 0 atom stereocenters. The number of rotatable bonds is 4. The number of anilines is 1. The minimum absolute atomic E-state index is 0.601. The van der Waals surface area contributed by atoms with Crippen molar-refractivity contribution in [2.45, 2.75) is 6.54 Å². The fourth-order valence-electron chi connectivity index (χ4n) is 1.21. The summed E-state index contributed by atoms with van der Waals surface area (Å²) >= 11 is 7.37. The Balaban J connectivity index is 2.08. The molecule has 2 aromatic rings. The van der Waals surface area contributed by atoms with E-state index in [1.165, 1.54) is 11.5 Å². The first-order valence-corrected chi connectivity index (χ1v) is 5.84. The third-order valence-corrected chi connectivity index (χ3v) is 2.92. The molecular weight excluding hydrogens is 246 g/mol. The van der Waals surface area contributed by atoms with Gasteiger partial charge in [0.15, 0.2) is 0 Å². The summed E-state index contributed by atoms with van der Waals surface area (Å²) in [5.41, 5.74) is 1.72. The molecule has 16 heavy (non-hydrogen) atoms. The predicted molar refractivity (Wildman–Crippen MR) is 65.2 cm³/mol. The summed E-state index contributed by atoms with van der Waals surface area (Å²) < 4.78 is 8.91. The van der Waals surface area contributed by atoms with Gasteiger partial charge < -0.3 is 10.1 Å². The number of halogens is 1. The van der Waals surface area contributed by atoms with Crippen LogP contribution in [0.15, 0.2) is 23.6 Å². The molecule has 4 nitrogen and oxygen atoms in total. The molecule has 0 radical (unpaired) electrons. The molecule has 84 valence electrons. The van der Waals surface area contributed by atoms with Crippen LogP contribution >= 0.6 is 23.1 Å². The number of nitrogens with zero attached hydrogens (tertiary/aromatic N) is 2. The lowest BCUT2D eigenvalue weighted by molar-refractivity contribution is 0.415. The van der Waals surface area contributed by atoms with E-state index in [0.717, 1.165) is 17.1 Å². The van der Waals surface area contributed by atoms with Crippen molar-refractivity contribution in [2.75, 3.05) is 12.4 Å². The van der Waals surface area contributed by atoms with E-state index < -0.39 is 0 Å². The molecule has 0 aliphatic carbocycles. The Bertz CT molecular complexity index is 461. The second-order valence-corrected chi connectivity index (χ2v) is 4.11. The van der Waals surface area contributed by atoms with Crippen LogP contribution in [0, 0.1) is 0 Å². The Morgan fingerprint density at radius 3 is 3.06 bits per heavy atom. The van der Waals surface area contributed by atoms with Crippen LogP contribution in [0.5, 0.6) is 5.75 Å². The van der Waals surface area contributed by atoms with E-state index in [4.69, 9.17) is 16.3 Å². The maximum atomic E-state index is 6.04. The van der Waals surface area contributed by atoms with Gasteiger partial charge in [-0.3, -0.25) is 0 Å². The molecule has 0 saturated heterocycles. The monoisotopic (exact) mass is 255 g/mol. The van der Waals surface area contributed by atoms with Crippen LogP contribution in [0.25, 0.3) is 0 Å². The quantitative estimate of drug-likeness (QED) is 0.913. The van der Waals surface area contributed by atoms with Crippen molar-refractivity contribution >= 4 is 28.8 Å². The van der Waals surface area contributed by atoms with Gasteiger partial charge in [0, 0.05) is 11.4 Å². The zero-order chi connectivity index (χ0) is 11.4. The van der Waals surface area contributed by atoms with Crippen molar-refractivity contribution < 1.29 is 4.74 Å². The second-order valence-electron chi connectivity index (χ2n) is 3.10. The summed E-state index contributed by atoms with van der Waals surface area (Å²) in [7, 11) is 1.62. The number of hydrogen-bond donors (Lipinski definition) is 1. The minimum Gasteiger partial charge on any atom is -0.497 e. The molecular formula is C10H10ClN3OS. The molecule has 2 rings (SSSR count). The van der Waals surface area contributed by atoms with Crippen LogP contribution in [0.3, 0.4) is 0 Å². The number of hydrogen-bond acceptors (Lipinski definition) is 5. The highest BCUT2D eigenvalue weighted by Crippen LogP contribution is 2.26. The van der Waals surface area contributed by atoms with Crippen molar-refractivity contribution in [3.05, 3.63) is 34.3 Å². The molecule has 0 fully saturated rings. The van der Waals surface area contributed by atoms with Gasteiger partial charge >= 0.3 is 0 Å². The number of ether oxygens (including phenoxy) is 1. The van der Waals surface area contributed by atoms with Crippen LogP contribution in [0.1, 0.15) is 5.69 Å². The van der Waals surface area contributed by atoms with Crippen LogP contribution in [-0.2, 0) is 6.54 Å². The van der Waals surface area contributed by atoms with Crippen molar-refractivity contribution in [3.63, 3.8) is 0 Å². The van der Waals surface area contributed by atoms with Crippen LogP contribution in [0.4, 0.5) is 5.69 Å². The zero-order valence-electron chi connectivity index (χ0n) is 8.61. The lowest BCUT2D eigenvalue weighted by Crippen LogP contribution is -2.00. The Kier molecular flexibility index (Phi) is 3.58. The Morgan fingerprint density at radius 1 is 1.50 bits per heavy atom. The summed E-state index contributed by atoms with van der Waals surface area (Å²) in [6, 6.07) is 5.46. The van der Waals surface area contributed by atoms with Gasteiger partial charge in [0.25, 0.3) is 0 Å². The van der Waals surface area contributed by atoms with E-state index in [1.54, 1.807) is 13.2 Å². The molecule has 1 aromatic heterocycles. The molecule has 1 aromatic carbocycles. The van der Waals surface area contributed by atoms with Crippen molar-refractivity contribution in [3.8, 4) is 5.75 Å². The summed E-state index contributed by atoms with van der Waals surface area (Å²) in [4.78, 5) is 0. The van der Waals surface area contributed by atoms with Gasteiger partial charge in [-0.1, -0.05) is 16.1 Å². The molecule has 6 heteroatoms. The second kappa shape index (κ2) is 5.14. The first-order valence-electron chi connectivity index (χ1n) is 4.63. The van der Waals surface area contributed by atoms with Crippen molar-refractivity contribution in [1.29, 1.82) is 0 Å². The number of nitrogens with one attached hydrogen (secondary N) is 1. The number of benzene rings is 1. The molecule has 0 amide bonds. The van der Waals surface area contributed by atoms with Crippen molar-refractivity contribution in [2.24, 2.45) is 0 Å². The summed E-state index contributed by atoms with van der Waals surface area (Å²) in [5, 5.41) is 9.66. The summed E-state index contributed by atoms with van der Waals surface area (Å²) in [6.45, 7) is 0.601. The maximum Gasteiger partial charge on any atom is 0.121 e. The first kappa shape index (κ1) is 11.2. The molecule has 0 spiro atoms. The topological polar surface area (TPSA) is 47.0 Å². The lowest BCUT2D eigenvalue weighted by Gasteiger charge is -2.08. The van der Waals surface area contributed by atoms with Crippen LogP contribution < -0.4 is 10.1 Å². The van der Waals surface area contributed by atoms with E-state index in [1.807, 2.05) is 17.5 Å². The van der Waals surface area contributed by atoms with Crippen LogP contribution in [-0.4, -0.2) is 16.7 Å². The molecule has 0 unspecified atom stereocenters. The summed E-state index contributed by atoms with van der Waals surface area (Å²) in [5.74, 6) is 0.767. The minimum atomic E-state index is 0.601. The average molecular weight is 256 g/mol. The molecule has 1 N–H and O–H groups in total. The molecule has 0 aliphatic rings. The van der Waals surface area contributed by atoms with E-state index in [-0.39, 0.29) is 0 Å². The van der Waals surface area contributed by atoms with Crippen LogP contribution in [0.2, 0.25) is 5.02 Å². The SMILES string of the molecule is COc1ccc(Cl)c(NCc2csnn2)c1. The van der Waals surface area contributed by atoms with Gasteiger partial charge in [-0.25, -0.2) is 0 Å². The van der Waals surface area contributed by atoms with E-state index in [0.29, 0.717) is 11.6 Å². The largest absolute Gasteiger partial charge is 0.497 e. The highest BCUT2D eigenvalue weighted by molar-refractivity contribution is 7.03. The molecule has 1 heterocycles. The maximum absolute atomic E-state index is 6.04. The van der Waals surface area contributed by atoms with Gasteiger partial charge in [0.05, 0.1) is 30.1 Å². The third kappa shape index (κ3) is 2.62. The Labute approximate surface area is 102 Å². The Morgan fingerprint density at radius 2 is 2.38 bits per heavy atom. The number of aromatic nitrogens is 2. The highest BCUT2D eigenvalue weighted by Gasteiger charge is 2.03. The smallest absolute Gasteiger partial charge is 0.121 e. The highest BCUT2D eigenvalue weighted by atomic mass is 35.5.